The van der Waals surface area contributed by atoms with Crippen LogP contribution in [0.3, 0.4) is 0 Å². The van der Waals surface area contributed by atoms with Crippen molar-refractivity contribution in [1.82, 2.24) is 15.1 Å². The Morgan fingerprint density at radius 2 is 1.95 bits per heavy atom. The maximum absolute atomic E-state index is 11.2. The predicted octanol–water partition coefficient (Wildman–Crippen LogP) is 6.59. The Bertz CT molecular complexity index is 1580. The first kappa shape index (κ1) is 22.5. The maximum Gasteiger partial charge on any atom is 0.354 e. The molecule has 37 heavy (non-hydrogen) atoms. The molecule has 186 valence electrons. The van der Waals surface area contributed by atoms with Gasteiger partial charge in [-0.1, -0.05) is 28.9 Å². The van der Waals surface area contributed by atoms with Gasteiger partial charge in [0.2, 0.25) is 0 Å². The van der Waals surface area contributed by atoms with Crippen LogP contribution in [0.4, 0.5) is 5.69 Å². The number of carboxylic acids is 1. The standard InChI is InChI=1S/C29H25ClN4O3/c30-22-16-31-10-7-21(22)26-25(27(37-33-26)17-1-2-17)19-14-29(15-19)8-11-34(12-9-29)20-4-6-23-18(13-20)3-5-24(32-23)28(35)36/h3-7,10,13-14,16-17H,1-2,8-9,11-12,15H2,(H,35,36). The van der Waals surface area contributed by atoms with E-state index in [9.17, 15) is 9.90 Å². The number of carbonyl (C=O) groups is 1. The lowest BCUT2D eigenvalue weighted by Crippen LogP contribution is -2.42. The van der Waals surface area contributed by atoms with Crippen molar-refractivity contribution in [3.05, 3.63) is 76.9 Å². The SMILES string of the molecule is O=C(O)c1ccc2cc(N3CCC4(C=C(c5c(-c6ccncc6Cl)noc5C5CC5)C4)CC3)ccc2n1. The molecule has 1 saturated carbocycles. The molecule has 4 aromatic rings. The van der Waals surface area contributed by atoms with Crippen molar-refractivity contribution in [2.24, 2.45) is 5.41 Å². The molecule has 7 nitrogen and oxygen atoms in total. The molecule has 2 fully saturated rings. The first-order valence-electron chi connectivity index (χ1n) is 12.7. The number of carboxylic acid groups (broad SMARTS) is 1. The summed E-state index contributed by atoms with van der Waals surface area (Å²) in [6.07, 6.45) is 11.4. The Kier molecular flexibility index (Phi) is 5.11. The number of piperidine rings is 1. The number of pyridine rings is 2. The Labute approximate surface area is 218 Å². The average molecular weight is 513 g/mol. The van der Waals surface area contributed by atoms with Crippen LogP contribution in [0.25, 0.3) is 27.7 Å². The van der Waals surface area contributed by atoms with Crippen LogP contribution in [0.5, 0.6) is 0 Å². The van der Waals surface area contributed by atoms with Crippen molar-refractivity contribution < 1.29 is 14.4 Å². The molecular formula is C29H25ClN4O3. The van der Waals surface area contributed by atoms with Gasteiger partial charge in [-0.05, 0) is 73.4 Å². The van der Waals surface area contributed by atoms with E-state index in [1.165, 1.54) is 5.57 Å². The molecule has 1 aliphatic heterocycles. The van der Waals surface area contributed by atoms with Crippen LogP contribution in [0.1, 0.15) is 59.8 Å². The van der Waals surface area contributed by atoms with Crippen molar-refractivity contribution in [3.63, 3.8) is 0 Å². The third-order valence-electron chi connectivity index (χ3n) is 8.05. The van der Waals surface area contributed by atoms with Crippen LogP contribution in [-0.4, -0.2) is 39.3 Å². The molecule has 8 heteroatoms. The van der Waals surface area contributed by atoms with Gasteiger partial charge in [-0.2, -0.15) is 0 Å². The van der Waals surface area contributed by atoms with Crippen molar-refractivity contribution in [1.29, 1.82) is 0 Å². The number of halogens is 1. The van der Waals surface area contributed by atoms with Gasteiger partial charge in [0, 0.05) is 53.6 Å². The molecule has 0 unspecified atom stereocenters. The van der Waals surface area contributed by atoms with E-state index in [1.807, 2.05) is 24.3 Å². The molecule has 1 saturated heterocycles. The normalized spacial score (nSPS) is 18.6. The van der Waals surface area contributed by atoms with Gasteiger partial charge in [0.05, 0.1) is 10.5 Å². The van der Waals surface area contributed by atoms with Gasteiger partial charge < -0.3 is 14.5 Å². The average Bonchev–Trinajstić information content (AvgIpc) is 3.65. The van der Waals surface area contributed by atoms with E-state index in [0.29, 0.717) is 16.5 Å². The summed E-state index contributed by atoms with van der Waals surface area (Å²) >= 11 is 6.48. The van der Waals surface area contributed by atoms with E-state index in [0.717, 1.165) is 78.8 Å². The largest absolute Gasteiger partial charge is 0.477 e. The van der Waals surface area contributed by atoms with E-state index in [-0.39, 0.29) is 11.1 Å². The third-order valence-corrected chi connectivity index (χ3v) is 8.36. The predicted molar refractivity (Wildman–Crippen MR) is 142 cm³/mol. The summed E-state index contributed by atoms with van der Waals surface area (Å²) in [7, 11) is 0. The molecular weight excluding hydrogens is 488 g/mol. The molecule has 3 aromatic heterocycles. The van der Waals surface area contributed by atoms with Crippen molar-refractivity contribution >= 4 is 39.7 Å². The quantitative estimate of drug-likeness (QED) is 0.322. The number of anilines is 1. The number of fused-ring (bicyclic) bond motifs is 1. The summed E-state index contributed by atoms with van der Waals surface area (Å²) in [4.78, 5) is 22.0. The number of hydrogen-bond donors (Lipinski definition) is 1. The van der Waals surface area contributed by atoms with Gasteiger partial charge in [-0.3, -0.25) is 4.98 Å². The number of hydrogen-bond acceptors (Lipinski definition) is 6. The van der Waals surface area contributed by atoms with E-state index >= 15 is 0 Å². The second-order valence-electron chi connectivity index (χ2n) is 10.5. The van der Waals surface area contributed by atoms with E-state index in [2.05, 4.69) is 32.2 Å². The van der Waals surface area contributed by atoms with Crippen LogP contribution >= 0.6 is 11.6 Å². The molecule has 4 heterocycles. The second kappa shape index (κ2) is 8.42. The third kappa shape index (κ3) is 3.89. The summed E-state index contributed by atoms with van der Waals surface area (Å²) in [5.41, 5.74) is 6.31. The number of aromatic carboxylic acids is 1. The summed E-state index contributed by atoms with van der Waals surface area (Å²) < 4.78 is 5.88. The smallest absolute Gasteiger partial charge is 0.354 e. The number of rotatable bonds is 5. The molecule has 2 aliphatic carbocycles. The molecule has 1 aromatic carbocycles. The van der Waals surface area contributed by atoms with Gasteiger partial charge >= 0.3 is 5.97 Å². The first-order chi connectivity index (χ1) is 18.0. The Balaban J connectivity index is 1.12. The van der Waals surface area contributed by atoms with E-state index < -0.39 is 5.97 Å². The van der Waals surface area contributed by atoms with Crippen molar-refractivity contribution in [2.45, 2.75) is 38.0 Å². The Morgan fingerprint density at radius 1 is 1.14 bits per heavy atom. The summed E-state index contributed by atoms with van der Waals surface area (Å²) in [5.74, 6) is 0.467. The molecule has 0 bridgehead atoms. The Hall–Kier alpha value is -3.71. The first-order valence-corrected chi connectivity index (χ1v) is 13.1. The lowest BCUT2D eigenvalue weighted by Gasteiger charge is -2.47. The second-order valence-corrected chi connectivity index (χ2v) is 10.9. The van der Waals surface area contributed by atoms with Crippen molar-refractivity contribution in [2.75, 3.05) is 18.0 Å². The van der Waals surface area contributed by atoms with Gasteiger partial charge in [0.25, 0.3) is 0 Å². The fourth-order valence-electron chi connectivity index (χ4n) is 5.83. The fourth-order valence-corrected chi connectivity index (χ4v) is 6.04. The highest BCUT2D eigenvalue weighted by Gasteiger charge is 2.44. The minimum absolute atomic E-state index is 0.0692. The number of aromatic nitrogens is 3. The number of nitrogens with zero attached hydrogens (tertiary/aromatic N) is 4. The van der Waals surface area contributed by atoms with Crippen LogP contribution in [0.2, 0.25) is 5.02 Å². The summed E-state index contributed by atoms with van der Waals surface area (Å²) in [5, 5.41) is 15.2. The minimum Gasteiger partial charge on any atom is -0.477 e. The highest BCUT2D eigenvalue weighted by molar-refractivity contribution is 6.33. The maximum atomic E-state index is 11.2. The molecule has 0 atom stereocenters. The lowest BCUT2D eigenvalue weighted by molar-refractivity contribution is 0.0691. The molecule has 7 rings (SSSR count). The summed E-state index contributed by atoms with van der Waals surface area (Å²) in [6.45, 7) is 1.94. The Morgan fingerprint density at radius 3 is 2.68 bits per heavy atom. The molecule has 0 amide bonds. The van der Waals surface area contributed by atoms with E-state index in [4.69, 9.17) is 16.1 Å². The van der Waals surface area contributed by atoms with Gasteiger partial charge in [-0.15, -0.1) is 0 Å². The molecule has 0 radical (unpaired) electrons. The molecule has 1 N–H and O–H groups in total. The van der Waals surface area contributed by atoms with Gasteiger partial charge in [0.15, 0.2) is 0 Å². The van der Waals surface area contributed by atoms with Gasteiger partial charge in [0.1, 0.15) is 17.1 Å². The van der Waals surface area contributed by atoms with E-state index in [1.54, 1.807) is 18.5 Å². The highest BCUT2D eigenvalue weighted by atomic mass is 35.5. The topological polar surface area (TPSA) is 92.3 Å². The fraction of sp³-hybridized carbons (Fsp3) is 0.310. The van der Waals surface area contributed by atoms with Crippen molar-refractivity contribution in [3.8, 4) is 11.3 Å². The summed E-state index contributed by atoms with van der Waals surface area (Å²) in [6, 6.07) is 11.4. The zero-order valence-corrected chi connectivity index (χ0v) is 20.9. The molecule has 3 aliphatic rings. The zero-order valence-electron chi connectivity index (χ0n) is 20.2. The highest BCUT2D eigenvalue weighted by Crippen LogP contribution is 2.56. The zero-order chi connectivity index (χ0) is 25.1. The van der Waals surface area contributed by atoms with Crippen LogP contribution < -0.4 is 4.90 Å². The monoisotopic (exact) mass is 512 g/mol. The molecule has 1 spiro atoms. The number of benzene rings is 1. The van der Waals surface area contributed by atoms with Crippen LogP contribution in [0.15, 0.2) is 59.4 Å². The van der Waals surface area contributed by atoms with Crippen LogP contribution in [0, 0.1) is 5.41 Å². The number of allylic oxidation sites excluding steroid dienone is 2. The van der Waals surface area contributed by atoms with Crippen LogP contribution in [-0.2, 0) is 0 Å². The minimum atomic E-state index is -1.01. The van der Waals surface area contributed by atoms with Gasteiger partial charge in [-0.25, -0.2) is 9.78 Å². The lowest BCUT2D eigenvalue weighted by atomic mass is 9.63.